The SMILES string of the molecule is Cc1cccc(NC(=O)C2NNC3c4ccccc4OCC23)c1C. The van der Waals surface area contributed by atoms with Crippen LogP contribution < -0.4 is 20.9 Å². The molecule has 0 aliphatic carbocycles. The van der Waals surface area contributed by atoms with Gasteiger partial charge in [0.1, 0.15) is 11.8 Å². The summed E-state index contributed by atoms with van der Waals surface area (Å²) in [6.07, 6.45) is 0. The molecule has 4 rings (SSSR count). The number of fused-ring (bicyclic) bond motifs is 3. The van der Waals surface area contributed by atoms with E-state index in [1.54, 1.807) is 0 Å². The predicted molar refractivity (Wildman–Crippen MR) is 92.8 cm³/mol. The lowest BCUT2D eigenvalue weighted by molar-refractivity contribution is -0.119. The van der Waals surface area contributed by atoms with Crippen molar-refractivity contribution < 1.29 is 9.53 Å². The standard InChI is InChI=1S/C19H21N3O2/c1-11-6-5-8-15(12(11)2)20-19(23)18-14-10-24-16-9-4-3-7-13(16)17(14)21-22-18/h3-9,14,17-18,21-22H,10H2,1-2H3,(H,20,23). The van der Waals surface area contributed by atoms with Crippen molar-refractivity contribution in [1.29, 1.82) is 0 Å². The second kappa shape index (κ2) is 5.92. The second-order valence-electron chi connectivity index (χ2n) is 6.49. The van der Waals surface area contributed by atoms with Gasteiger partial charge >= 0.3 is 0 Å². The number of amides is 1. The van der Waals surface area contributed by atoms with Gasteiger partial charge in [-0.2, -0.15) is 0 Å². The van der Waals surface area contributed by atoms with Crippen LogP contribution in [0.5, 0.6) is 5.75 Å². The molecule has 2 aliphatic rings. The molecule has 2 aromatic carbocycles. The molecule has 2 aliphatic heterocycles. The Balaban J connectivity index is 1.54. The molecule has 1 fully saturated rings. The highest BCUT2D eigenvalue weighted by Crippen LogP contribution is 2.39. The lowest BCUT2D eigenvalue weighted by Gasteiger charge is -2.29. The van der Waals surface area contributed by atoms with Gasteiger partial charge in [-0.3, -0.25) is 4.79 Å². The number of carbonyl (C=O) groups is 1. The van der Waals surface area contributed by atoms with E-state index in [9.17, 15) is 4.79 Å². The molecule has 2 aromatic rings. The molecule has 3 unspecified atom stereocenters. The van der Waals surface area contributed by atoms with Crippen molar-refractivity contribution >= 4 is 11.6 Å². The maximum Gasteiger partial charge on any atom is 0.243 e. The molecule has 0 saturated carbocycles. The molecule has 3 atom stereocenters. The van der Waals surface area contributed by atoms with Crippen molar-refractivity contribution in [1.82, 2.24) is 10.9 Å². The molecule has 0 spiro atoms. The summed E-state index contributed by atoms with van der Waals surface area (Å²) >= 11 is 0. The van der Waals surface area contributed by atoms with Crippen LogP contribution in [-0.4, -0.2) is 18.6 Å². The topological polar surface area (TPSA) is 62.4 Å². The van der Waals surface area contributed by atoms with Gasteiger partial charge in [0.25, 0.3) is 0 Å². The van der Waals surface area contributed by atoms with E-state index in [-0.39, 0.29) is 23.9 Å². The van der Waals surface area contributed by atoms with Gasteiger partial charge < -0.3 is 10.1 Å². The molecular formula is C19H21N3O2. The summed E-state index contributed by atoms with van der Waals surface area (Å²) in [7, 11) is 0. The third-order valence-electron chi connectivity index (χ3n) is 5.08. The zero-order valence-corrected chi connectivity index (χ0v) is 13.8. The van der Waals surface area contributed by atoms with Gasteiger partial charge in [-0.05, 0) is 37.1 Å². The largest absolute Gasteiger partial charge is 0.493 e. The summed E-state index contributed by atoms with van der Waals surface area (Å²) in [6, 6.07) is 13.7. The Hall–Kier alpha value is -2.37. The number of nitrogens with one attached hydrogen (secondary N) is 3. The summed E-state index contributed by atoms with van der Waals surface area (Å²) in [5, 5.41) is 3.05. The first kappa shape index (κ1) is 15.2. The highest BCUT2D eigenvalue weighted by molar-refractivity contribution is 5.96. The van der Waals surface area contributed by atoms with E-state index in [1.807, 2.05) is 56.3 Å². The van der Waals surface area contributed by atoms with Gasteiger partial charge in [0, 0.05) is 17.2 Å². The highest BCUT2D eigenvalue weighted by atomic mass is 16.5. The van der Waals surface area contributed by atoms with E-state index in [4.69, 9.17) is 4.74 Å². The third-order valence-corrected chi connectivity index (χ3v) is 5.08. The summed E-state index contributed by atoms with van der Waals surface area (Å²) in [6.45, 7) is 4.59. The molecule has 1 saturated heterocycles. The molecule has 5 heteroatoms. The van der Waals surface area contributed by atoms with Crippen LogP contribution in [0.25, 0.3) is 0 Å². The molecule has 124 valence electrons. The maximum absolute atomic E-state index is 12.8. The number of benzene rings is 2. The Kier molecular flexibility index (Phi) is 3.75. The smallest absolute Gasteiger partial charge is 0.243 e. The van der Waals surface area contributed by atoms with E-state index >= 15 is 0 Å². The van der Waals surface area contributed by atoms with E-state index in [1.165, 1.54) is 0 Å². The highest BCUT2D eigenvalue weighted by Gasteiger charge is 2.44. The van der Waals surface area contributed by atoms with Crippen molar-refractivity contribution in [3.63, 3.8) is 0 Å². The Morgan fingerprint density at radius 1 is 1.12 bits per heavy atom. The van der Waals surface area contributed by atoms with Gasteiger partial charge in [-0.15, -0.1) is 0 Å². The monoisotopic (exact) mass is 323 g/mol. The van der Waals surface area contributed by atoms with E-state index in [0.717, 1.165) is 28.1 Å². The minimum absolute atomic E-state index is 0.0355. The van der Waals surface area contributed by atoms with Crippen LogP contribution >= 0.6 is 0 Å². The van der Waals surface area contributed by atoms with E-state index in [0.29, 0.717) is 6.61 Å². The minimum atomic E-state index is -0.330. The second-order valence-corrected chi connectivity index (χ2v) is 6.49. The molecule has 5 nitrogen and oxygen atoms in total. The maximum atomic E-state index is 12.8. The Labute approximate surface area is 141 Å². The van der Waals surface area contributed by atoms with Gasteiger partial charge in [0.2, 0.25) is 5.91 Å². The number of anilines is 1. The molecule has 2 heterocycles. The van der Waals surface area contributed by atoms with Gasteiger partial charge in [-0.1, -0.05) is 30.3 Å². The molecule has 0 radical (unpaired) electrons. The lowest BCUT2D eigenvalue weighted by atomic mass is 9.87. The summed E-state index contributed by atoms with van der Waals surface area (Å²) in [4.78, 5) is 12.8. The van der Waals surface area contributed by atoms with E-state index in [2.05, 4.69) is 16.2 Å². The van der Waals surface area contributed by atoms with Crippen LogP contribution in [-0.2, 0) is 4.79 Å². The van der Waals surface area contributed by atoms with Crippen LogP contribution in [0, 0.1) is 19.8 Å². The molecule has 1 amide bonds. The summed E-state index contributed by atoms with van der Waals surface area (Å²) in [5.74, 6) is 0.917. The minimum Gasteiger partial charge on any atom is -0.493 e. The average molecular weight is 323 g/mol. The fraction of sp³-hybridized carbons (Fsp3) is 0.316. The number of hydrazine groups is 1. The fourth-order valence-corrected chi connectivity index (χ4v) is 3.50. The predicted octanol–water partition coefficient (Wildman–Crippen LogP) is 2.47. The number of rotatable bonds is 2. The molecule has 3 N–H and O–H groups in total. The third kappa shape index (κ3) is 2.46. The van der Waals surface area contributed by atoms with Crippen LogP contribution in [0.1, 0.15) is 22.7 Å². The Morgan fingerprint density at radius 2 is 1.96 bits per heavy atom. The van der Waals surface area contributed by atoms with Crippen LogP contribution in [0.15, 0.2) is 42.5 Å². The number of aryl methyl sites for hydroxylation is 1. The number of hydrogen-bond acceptors (Lipinski definition) is 4. The first-order chi connectivity index (χ1) is 11.6. The molecule has 0 bridgehead atoms. The van der Waals surface area contributed by atoms with Crippen molar-refractivity contribution in [2.75, 3.05) is 11.9 Å². The first-order valence-electron chi connectivity index (χ1n) is 8.25. The van der Waals surface area contributed by atoms with Crippen molar-refractivity contribution in [2.24, 2.45) is 5.92 Å². The summed E-state index contributed by atoms with van der Waals surface area (Å²) < 4.78 is 5.85. The number of para-hydroxylation sites is 1. The normalized spacial score (nSPS) is 24.7. The Bertz CT molecular complexity index is 790. The van der Waals surface area contributed by atoms with Crippen molar-refractivity contribution in [2.45, 2.75) is 25.9 Å². The molecular weight excluding hydrogens is 302 g/mol. The van der Waals surface area contributed by atoms with Gasteiger partial charge in [-0.25, -0.2) is 10.9 Å². The van der Waals surface area contributed by atoms with Crippen molar-refractivity contribution in [3.8, 4) is 5.75 Å². The van der Waals surface area contributed by atoms with Crippen LogP contribution in [0.2, 0.25) is 0 Å². The first-order valence-corrected chi connectivity index (χ1v) is 8.25. The quantitative estimate of drug-likeness (QED) is 0.794. The average Bonchev–Trinajstić information content (AvgIpc) is 3.03. The zero-order chi connectivity index (χ0) is 16.7. The summed E-state index contributed by atoms with van der Waals surface area (Å²) in [5.41, 5.74) is 10.6. The number of hydrogen-bond donors (Lipinski definition) is 3. The van der Waals surface area contributed by atoms with Crippen LogP contribution in [0.3, 0.4) is 0 Å². The van der Waals surface area contributed by atoms with Crippen molar-refractivity contribution in [3.05, 3.63) is 59.2 Å². The zero-order valence-electron chi connectivity index (χ0n) is 13.8. The van der Waals surface area contributed by atoms with Gasteiger partial charge in [0.05, 0.1) is 12.6 Å². The van der Waals surface area contributed by atoms with Crippen LogP contribution in [0.4, 0.5) is 5.69 Å². The van der Waals surface area contributed by atoms with E-state index < -0.39 is 0 Å². The lowest BCUT2D eigenvalue weighted by Crippen LogP contribution is -2.43. The number of ether oxygens (including phenoxy) is 1. The fourth-order valence-electron chi connectivity index (χ4n) is 3.50. The Morgan fingerprint density at radius 3 is 2.83 bits per heavy atom. The molecule has 0 aromatic heterocycles. The number of carbonyl (C=O) groups excluding carboxylic acids is 1. The van der Waals surface area contributed by atoms with Gasteiger partial charge in [0.15, 0.2) is 0 Å². The molecule has 24 heavy (non-hydrogen) atoms.